The Balaban J connectivity index is 1.99. The quantitative estimate of drug-likeness (QED) is 0.733. The van der Waals surface area contributed by atoms with Crippen LogP contribution in [0.15, 0.2) is 42.5 Å². The number of nitrogens with one attached hydrogen (secondary N) is 1. The number of aromatic hydroxyl groups is 1. The predicted molar refractivity (Wildman–Crippen MR) is 76.1 cm³/mol. The van der Waals surface area contributed by atoms with E-state index in [9.17, 15) is 13.9 Å². The van der Waals surface area contributed by atoms with Crippen LogP contribution in [0.1, 0.15) is 17.6 Å². The van der Waals surface area contributed by atoms with E-state index in [0.717, 1.165) is 5.56 Å². The predicted octanol–water partition coefficient (Wildman–Crippen LogP) is 3.57. The maximum Gasteiger partial charge on any atom is 0.265 e. The van der Waals surface area contributed by atoms with Crippen molar-refractivity contribution in [1.82, 2.24) is 0 Å². The van der Waals surface area contributed by atoms with Crippen molar-refractivity contribution in [3.05, 3.63) is 53.6 Å². The molecule has 0 aromatic heterocycles. The van der Waals surface area contributed by atoms with Crippen LogP contribution in [0.25, 0.3) is 0 Å². The van der Waals surface area contributed by atoms with E-state index in [1.165, 1.54) is 6.07 Å². The Morgan fingerprint density at radius 1 is 1.10 bits per heavy atom. The van der Waals surface area contributed by atoms with Gasteiger partial charge in [-0.1, -0.05) is 12.1 Å². The van der Waals surface area contributed by atoms with Gasteiger partial charge in [0.2, 0.25) is 0 Å². The summed E-state index contributed by atoms with van der Waals surface area (Å²) in [4.78, 5) is 0. The zero-order valence-electron chi connectivity index (χ0n) is 10.8. The second-order valence-electron chi connectivity index (χ2n) is 4.49. The number of anilines is 2. The molecule has 0 atom stereocenters. The summed E-state index contributed by atoms with van der Waals surface area (Å²) in [6, 6.07) is 11.2. The van der Waals surface area contributed by atoms with Crippen LogP contribution in [0.5, 0.6) is 5.75 Å². The molecule has 0 radical (unpaired) electrons. The highest BCUT2D eigenvalue weighted by Crippen LogP contribution is 2.28. The van der Waals surface area contributed by atoms with E-state index < -0.39 is 6.43 Å². The van der Waals surface area contributed by atoms with Gasteiger partial charge >= 0.3 is 0 Å². The Hall–Kier alpha value is -2.30. The first kappa shape index (κ1) is 14.1. The lowest BCUT2D eigenvalue weighted by Gasteiger charge is -2.12. The molecule has 20 heavy (non-hydrogen) atoms. The van der Waals surface area contributed by atoms with Gasteiger partial charge in [0.05, 0.1) is 0 Å². The average molecular weight is 278 g/mol. The van der Waals surface area contributed by atoms with E-state index >= 15 is 0 Å². The summed E-state index contributed by atoms with van der Waals surface area (Å²) in [5.41, 5.74) is 7.16. The minimum atomic E-state index is -2.56. The number of nitrogen functional groups attached to an aromatic ring is 1. The molecule has 0 bridgehead atoms. The average Bonchev–Trinajstić information content (AvgIpc) is 2.42. The maximum absolute atomic E-state index is 12.9. The Morgan fingerprint density at radius 3 is 2.45 bits per heavy atom. The molecule has 0 saturated carbocycles. The molecule has 2 rings (SSSR count). The van der Waals surface area contributed by atoms with Crippen molar-refractivity contribution >= 4 is 11.4 Å². The van der Waals surface area contributed by atoms with Gasteiger partial charge in [0.15, 0.2) is 0 Å². The molecule has 0 amide bonds. The lowest BCUT2D eigenvalue weighted by molar-refractivity contribution is 0.152. The van der Waals surface area contributed by atoms with Crippen LogP contribution in [0.3, 0.4) is 0 Å². The largest absolute Gasteiger partial charge is 0.508 e. The van der Waals surface area contributed by atoms with Gasteiger partial charge in [-0.3, -0.25) is 0 Å². The number of nitrogens with two attached hydrogens (primary N) is 1. The van der Waals surface area contributed by atoms with Crippen LogP contribution in [0, 0.1) is 0 Å². The van der Waals surface area contributed by atoms with Gasteiger partial charge in [0.1, 0.15) is 5.75 Å². The van der Waals surface area contributed by atoms with E-state index in [0.29, 0.717) is 24.3 Å². The summed E-state index contributed by atoms with van der Waals surface area (Å²) in [5.74, 6) is 0.209. The minimum Gasteiger partial charge on any atom is -0.508 e. The van der Waals surface area contributed by atoms with Crippen molar-refractivity contribution in [2.45, 2.75) is 12.8 Å². The molecule has 3 nitrogen and oxygen atoms in total. The molecule has 2 aromatic rings. The fourth-order valence-electron chi connectivity index (χ4n) is 1.93. The molecule has 0 aliphatic carbocycles. The molecule has 0 spiro atoms. The highest BCUT2D eigenvalue weighted by atomic mass is 19.3. The lowest BCUT2D eigenvalue weighted by atomic mass is 10.1. The molecule has 0 aliphatic heterocycles. The first-order chi connectivity index (χ1) is 9.56. The summed E-state index contributed by atoms with van der Waals surface area (Å²) in [6.07, 6.45) is -1.89. The van der Waals surface area contributed by atoms with E-state index in [1.807, 2.05) is 0 Å². The maximum atomic E-state index is 12.9. The molecule has 0 aliphatic rings. The molecular formula is C15H16F2N2O. The Morgan fingerprint density at radius 2 is 1.80 bits per heavy atom. The lowest BCUT2D eigenvalue weighted by Crippen LogP contribution is -2.07. The van der Waals surface area contributed by atoms with Gasteiger partial charge in [-0.25, -0.2) is 8.78 Å². The molecule has 4 N–H and O–H groups in total. The number of phenolic OH excluding ortho intramolecular Hbond substituents is 1. The molecule has 0 heterocycles. The number of rotatable bonds is 5. The SMILES string of the molecule is Nc1ccc(NCCc2ccc(O)cc2)c(C(F)F)c1. The van der Waals surface area contributed by atoms with Gasteiger partial charge in [0, 0.05) is 23.5 Å². The molecule has 0 unspecified atom stereocenters. The van der Waals surface area contributed by atoms with Gasteiger partial charge in [0.25, 0.3) is 6.43 Å². The second kappa shape index (κ2) is 6.23. The number of hydrogen-bond acceptors (Lipinski definition) is 3. The zero-order chi connectivity index (χ0) is 14.5. The van der Waals surface area contributed by atoms with Crippen molar-refractivity contribution in [2.24, 2.45) is 0 Å². The normalized spacial score (nSPS) is 10.8. The third kappa shape index (κ3) is 3.60. The summed E-state index contributed by atoms with van der Waals surface area (Å²) in [5, 5.41) is 12.2. The molecule has 5 heteroatoms. The highest BCUT2D eigenvalue weighted by molar-refractivity contribution is 5.58. The number of benzene rings is 2. The Labute approximate surface area is 116 Å². The van der Waals surface area contributed by atoms with Crippen LogP contribution < -0.4 is 11.1 Å². The molecule has 0 saturated heterocycles. The van der Waals surface area contributed by atoms with Crippen molar-refractivity contribution in [3.63, 3.8) is 0 Å². The van der Waals surface area contributed by atoms with E-state index in [1.54, 1.807) is 36.4 Å². The van der Waals surface area contributed by atoms with Gasteiger partial charge in [-0.2, -0.15) is 0 Å². The monoisotopic (exact) mass is 278 g/mol. The van der Waals surface area contributed by atoms with E-state index in [2.05, 4.69) is 5.32 Å². The Kier molecular flexibility index (Phi) is 4.40. The summed E-state index contributed by atoms with van der Waals surface area (Å²) in [6.45, 7) is 0.522. The van der Waals surface area contributed by atoms with Crippen molar-refractivity contribution < 1.29 is 13.9 Å². The topological polar surface area (TPSA) is 58.3 Å². The van der Waals surface area contributed by atoms with Gasteiger partial charge in [-0.15, -0.1) is 0 Å². The standard InChI is InChI=1S/C15H16F2N2O/c16-15(17)13-9-11(18)3-6-14(13)19-8-7-10-1-4-12(20)5-2-10/h1-6,9,15,19-20H,7-8,18H2. The van der Waals surface area contributed by atoms with E-state index in [4.69, 9.17) is 5.73 Å². The molecule has 106 valence electrons. The third-order valence-electron chi connectivity index (χ3n) is 2.98. The fourth-order valence-corrected chi connectivity index (χ4v) is 1.93. The van der Waals surface area contributed by atoms with Gasteiger partial charge < -0.3 is 16.2 Å². The summed E-state index contributed by atoms with van der Waals surface area (Å²) < 4.78 is 25.8. The molecular weight excluding hydrogens is 262 g/mol. The van der Waals surface area contributed by atoms with Crippen LogP contribution in [-0.4, -0.2) is 11.7 Å². The van der Waals surface area contributed by atoms with Crippen LogP contribution in [0.2, 0.25) is 0 Å². The number of halogens is 2. The van der Waals surface area contributed by atoms with Crippen molar-refractivity contribution in [3.8, 4) is 5.75 Å². The van der Waals surface area contributed by atoms with Crippen molar-refractivity contribution in [2.75, 3.05) is 17.6 Å². The first-order valence-electron chi connectivity index (χ1n) is 6.25. The van der Waals surface area contributed by atoms with Crippen LogP contribution in [0.4, 0.5) is 20.2 Å². The van der Waals surface area contributed by atoms with Crippen molar-refractivity contribution in [1.29, 1.82) is 0 Å². The van der Waals surface area contributed by atoms with Crippen LogP contribution >= 0.6 is 0 Å². The minimum absolute atomic E-state index is 0.0873. The second-order valence-corrected chi connectivity index (χ2v) is 4.49. The number of hydrogen-bond donors (Lipinski definition) is 3. The summed E-state index contributed by atoms with van der Waals surface area (Å²) in [7, 11) is 0. The number of alkyl halides is 2. The van der Waals surface area contributed by atoms with E-state index in [-0.39, 0.29) is 11.3 Å². The smallest absolute Gasteiger partial charge is 0.265 e. The molecule has 2 aromatic carbocycles. The fraction of sp³-hybridized carbons (Fsp3) is 0.200. The number of phenols is 1. The first-order valence-corrected chi connectivity index (χ1v) is 6.25. The van der Waals surface area contributed by atoms with Crippen LogP contribution in [-0.2, 0) is 6.42 Å². The molecule has 0 fully saturated rings. The van der Waals surface area contributed by atoms with Gasteiger partial charge in [-0.05, 0) is 42.3 Å². The zero-order valence-corrected chi connectivity index (χ0v) is 10.8. The third-order valence-corrected chi connectivity index (χ3v) is 2.98. The Bertz CT molecular complexity index is 571. The highest BCUT2D eigenvalue weighted by Gasteiger charge is 2.12. The summed E-state index contributed by atoms with van der Waals surface area (Å²) >= 11 is 0.